The molecule has 0 saturated carbocycles. The van der Waals surface area contributed by atoms with E-state index in [1.54, 1.807) is 0 Å². The first-order chi connectivity index (χ1) is 4.70. The summed E-state index contributed by atoms with van der Waals surface area (Å²) in [4.78, 5) is 28.9. The lowest BCUT2D eigenvalue weighted by Gasteiger charge is -1.87. The van der Waals surface area contributed by atoms with Gasteiger partial charge in [0.25, 0.3) is 0 Å². The molecule has 5 heteroatoms. The van der Waals surface area contributed by atoms with Crippen LogP contribution in [0, 0.1) is 0 Å². The number of rotatable bonds is 1. The van der Waals surface area contributed by atoms with Crippen molar-refractivity contribution < 1.29 is 24.5 Å². The Morgan fingerprint density at radius 1 is 1.70 bits per heavy atom. The van der Waals surface area contributed by atoms with Crippen LogP contribution in [0.5, 0.6) is 0 Å². The molecule has 0 aliphatic carbocycles. The van der Waals surface area contributed by atoms with Gasteiger partial charge in [0.05, 0.1) is 6.08 Å². The Labute approximate surface area is 55.8 Å². The fourth-order valence-electron chi connectivity index (χ4n) is 0.481. The first-order valence-corrected chi connectivity index (χ1v) is 2.47. The van der Waals surface area contributed by atoms with E-state index in [-0.39, 0.29) is 12.4 Å². The minimum Gasteiger partial charge on any atom is -0.478 e. The number of carboxylic acid groups (broad SMARTS) is 1. The largest absolute Gasteiger partial charge is 0.478 e. The molecule has 1 fully saturated rings. The summed E-state index contributed by atoms with van der Waals surface area (Å²) < 4.78 is 0. The zero-order valence-corrected chi connectivity index (χ0v) is 4.86. The van der Waals surface area contributed by atoms with E-state index < -0.39 is 11.8 Å². The summed E-state index contributed by atoms with van der Waals surface area (Å²) in [7, 11) is 0. The van der Waals surface area contributed by atoms with Gasteiger partial charge in [-0.25, -0.2) is 4.79 Å². The summed E-state index contributed by atoms with van der Waals surface area (Å²) >= 11 is 0. The van der Waals surface area contributed by atoms with E-state index in [0.717, 1.165) is 0 Å². The maximum absolute atomic E-state index is 10.5. The fraction of sp³-hybridized carbons (Fsp3) is 0.200. The normalized spacial score (nSPS) is 21.2. The average Bonchev–Trinajstić information content (AvgIpc) is 2.15. The molecule has 1 aliphatic rings. The fourth-order valence-corrected chi connectivity index (χ4v) is 0.481. The Morgan fingerprint density at radius 2 is 2.40 bits per heavy atom. The maximum Gasteiger partial charge on any atom is 0.332 e. The second kappa shape index (κ2) is 2.49. The minimum atomic E-state index is -1.23. The van der Waals surface area contributed by atoms with Crippen LogP contribution < -0.4 is 0 Å². The third kappa shape index (κ3) is 1.32. The van der Waals surface area contributed by atoms with Crippen LogP contribution in [0.3, 0.4) is 0 Å². The third-order valence-electron chi connectivity index (χ3n) is 0.868. The predicted molar refractivity (Wildman–Crippen MR) is 27.8 cm³/mol. The molecule has 0 unspecified atom stereocenters. The molecule has 0 spiro atoms. The summed E-state index contributed by atoms with van der Waals surface area (Å²) in [5.41, 5.74) is 0. The van der Waals surface area contributed by atoms with E-state index in [0.29, 0.717) is 6.08 Å². The molecular formula is C5H4O5. The maximum atomic E-state index is 10.5. The summed E-state index contributed by atoms with van der Waals surface area (Å²) in [6.45, 7) is -0.209. The average molecular weight is 144 g/mol. The van der Waals surface area contributed by atoms with E-state index in [9.17, 15) is 9.59 Å². The predicted octanol–water partition coefficient (Wildman–Crippen LogP) is -0.514. The van der Waals surface area contributed by atoms with Crippen LogP contribution in [0.1, 0.15) is 0 Å². The van der Waals surface area contributed by atoms with Gasteiger partial charge in [-0.2, -0.15) is 4.89 Å². The highest BCUT2D eigenvalue weighted by atomic mass is 17.2. The van der Waals surface area contributed by atoms with Crippen molar-refractivity contribution in [2.45, 2.75) is 0 Å². The Balaban J connectivity index is 2.72. The molecule has 5 nitrogen and oxygen atoms in total. The molecule has 0 bridgehead atoms. The van der Waals surface area contributed by atoms with E-state index in [1.165, 1.54) is 0 Å². The smallest absolute Gasteiger partial charge is 0.332 e. The molecule has 1 rings (SSSR count). The summed E-state index contributed by atoms with van der Waals surface area (Å²) in [6, 6.07) is 0. The number of hydrogen-bond acceptors (Lipinski definition) is 4. The van der Waals surface area contributed by atoms with Crippen molar-refractivity contribution in [1.29, 1.82) is 0 Å². The van der Waals surface area contributed by atoms with Crippen molar-refractivity contribution in [3.8, 4) is 0 Å². The van der Waals surface area contributed by atoms with Gasteiger partial charge in [0.1, 0.15) is 0 Å². The van der Waals surface area contributed by atoms with Gasteiger partial charge in [-0.05, 0) is 0 Å². The van der Waals surface area contributed by atoms with Gasteiger partial charge >= 0.3 is 5.97 Å². The van der Waals surface area contributed by atoms with Gasteiger partial charge in [0, 0.05) is 0 Å². The molecule has 0 radical (unpaired) electrons. The van der Waals surface area contributed by atoms with Crippen molar-refractivity contribution in [1.82, 2.24) is 0 Å². The molecule has 1 heterocycles. The third-order valence-corrected chi connectivity index (χ3v) is 0.868. The lowest BCUT2D eigenvalue weighted by atomic mass is 10.3. The quantitative estimate of drug-likeness (QED) is 0.396. The van der Waals surface area contributed by atoms with Crippen molar-refractivity contribution in [2.24, 2.45) is 0 Å². The highest BCUT2D eigenvalue weighted by molar-refractivity contribution is 6.00. The van der Waals surface area contributed by atoms with Crippen LogP contribution in [0.4, 0.5) is 0 Å². The second-order valence-corrected chi connectivity index (χ2v) is 1.62. The Morgan fingerprint density at radius 3 is 2.80 bits per heavy atom. The van der Waals surface area contributed by atoms with Crippen LogP contribution in [0.2, 0.25) is 0 Å². The van der Waals surface area contributed by atoms with Gasteiger partial charge in [0.2, 0.25) is 11.5 Å². The zero-order valence-electron chi connectivity index (χ0n) is 4.86. The van der Waals surface area contributed by atoms with Crippen molar-refractivity contribution in [3.05, 3.63) is 11.8 Å². The topological polar surface area (TPSA) is 72.8 Å². The highest BCUT2D eigenvalue weighted by Crippen LogP contribution is 2.07. The molecule has 0 aromatic heterocycles. The van der Waals surface area contributed by atoms with Crippen molar-refractivity contribution in [2.75, 3.05) is 6.61 Å². The molecule has 10 heavy (non-hydrogen) atoms. The first kappa shape index (κ1) is 6.76. The van der Waals surface area contributed by atoms with E-state index >= 15 is 0 Å². The summed E-state index contributed by atoms with van der Waals surface area (Å²) in [5, 5.41) is 8.13. The lowest BCUT2D eigenvalue weighted by molar-refractivity contribution is -0.223. The monoisotopic (exact) mass is 144 g/mol. The zero-order chi connectivity index (χ0) is 7.56. The minimum absolute atomic E-state index is 0.209. The number of aliphatic carboxylic acids is 1. The number of carboxylic acids is 1. The number of Topliss-reactive ketones (excluding diaryl/α,β-unsaturated/α-hetero) is 1. The number of ketones is 1. The van der Waals surface area contributed by atoms with Gasteiger partial charge in [0.15, 0.2) is 6.61 Å². The molecule has 0 amide bonds. The van der Waals surface area contributed by atoms with Crippen molar-refractivity contribution >= 4 is 11.8 Å². The second-order valence-electron chi connectivity index (χ2n) is 1.62. The molecule has 1 aliphatic heterocycles. The van der Waals surface area contributed by atoms with Gasteiger partial charge in [-0.15, -0.1) is 0 Å². The van der Waals surface area contributed by atoms with E-state index in [1.807, 2.05) is 0 Å². The van der Waals surface area contributed by atoms with Crippen LogP contribution in [0.25, 0.3) is 0 Å². The van der Waals surface area contributed by atoms with Crippen LogP contribution in [0.15, 0.2) is 11.8 Å². The van der Waals surface area contributed by atoms with E-state index in [4.69, 9.17) is 5.11 Å². The number of hydrogen-bond donors (Lipinski definition) is 1. The molecule has 0 atom stereocenters. The Bertz CT molecular complexity index is 204. The number of carbonyl (C=O) groups is 2. The SMILES string of the molecule is O=C(O)/C=C1\OOCC1=O. The standard InChI is InChI=1S/C5H4O5/c6-3-2-9-10-4(3)1-5(7)8/h1H,2H2,(H,7,8)/b4-1-. The molecule has 1 N–H and O–H groups in total. The van der Waals surface area contributed by atoms with Gasteiger partial charge in [-0.1, -0.05) is 0 Å². The molecule has 1 saturated heterocycles. The van der Waals surface area contributed by atoms with Crippen LogP contribution in [-0.2, 0) is 19.4 Å². The molecular weight excluding hydrogens is 140 g/mol. The van der Waals surface area contributed by atoms with Gasteiger partial charge < -0.3 is 9.99 Å². The van der Waals surface area contributed by atoms with Crippen LogP contribution in [-0.4, -0.2) is 23.5 Å². The summed E-state index contributed by atoms with van der Waals surface area (Å²) in [5.74, 6) is -1.94. The van der Waals surface area contributed by atoms with Crippen LogP contribution >= 0.6 is 0 Å². The molecule has 54 valence electrons. The lowest BCUT2D eigenvalue weighted by Crippen LogP contribution is -2.00. The molecule has 0 aromatic rings. The first-order valence-electron chi connectivity index (χ1n) is 2.47. The summed E-state index contributed by atoms with van der Waals surface area (Å²) in [6.07, 6.45) is 0.662. The molecule has 0 aromatic carbocycles. The Hall–Kier alpha value is -1.36. The van der Waals surface area contributed by atoms with Crippen molar-refractivity contribution in [3.63, 3.8) is 0 Å². The van der Waals surface area contributed by atoms with E-state index in [2.05, 4.69) is 9.78 Å². The highest BCUT2D eigenvalue weighted by Gasteiger charge is 2.21. The number of carbonyl (C=O) groups excluding carboxylic acids is 1. The Kier molecular flexibility index (Phi) is 1.68. The van der Waals surface area contributed by atoms with Gasteiger partial charge in [-0.3, -0.25) is 4.79 Å².